The van der Waals surface area contributed by atoms with Crippen molar-refractivity contribution in [3.05, 3.63) is 0 Å². The molecule has 10 heteroatoms. The van der Waals surface area contributed by atoms with Gasteiger partial charge < -0.3 is 19.7 Å². The van der Waals surface area contributed by atoms with Gasteiger partial charge in [0.15, 0.2) is 0 Å². The Morgan fingerprint density at radius 2 is 1.96 bits per heavy atom. The van der Waals surface area contributed by atoms with Crippen molar-refractivity contribution in [3.8, 4) is 0 Å². The van der Waals surface area contributed by atoms with Gasteiger partial charge in [-0.05, 0) is 6.42 Å². The number of carbonyl (C=O) groups is 2. The van der Waals surface area contributed by atoms with E-state index < -0.39 is 30.6 Å². The Bertz CT molecular complexity index is 546. The Labute approximate surface area is 165 Å². The first-order valence-electron chi connectivity index (χ1n) is 10.0. The molecule has 0 saturated carbocycles. The highest BCUT2D eigenvalue weighted by atomic mass is 16.6. The van der Waals surface area contributed by atoms with Crippen LogP contribution in [0.1, 0.15) is 58.3 Å². The van der Waals surface area contributed by atoms with E-state index >= 15 is 0 Å². The van der Waals surface area contributed by atoms with Crippen LogP contribution in [0.3, 0.4) is 0 Å². The zero-order valence-electron chi connectivity index (χ0n) is 16.4. The number of carbonyl (C=O) groups excluding carboxylic acids is 2. The molecular weight excluding hydrogens is 368 g/mol. The quantitative estimate of drug-likeness (QED) is 0.411. The first kappa shape index (κ1) is 22.4. The Kier molecular flexibility index (Phi) is 8.94. The van der Waals surface area contributed by atoms with Crippen molar-refractivity contribution < 1.29 is 29.3 Å². The third kappa shape index (κ3) is 6.05. The van der Waals surface area contributed by atoms with Gasteiger partial charge in [0.05, 0.1) is 19.3 Å². The number of aliphatic hydroxyl groups excluding tert-OH is 2. The summed E-state index contributed by atoms with van der Waals surface area (Å²) in [5.74, 6) is -0.358. The molecule has 0 radical (unpaired) electrons. The van der Waals surface area contributed by atoms with Crippen molar-refractivity contribution in [1.82, 2.24) is 15.1 Å². The number of guanidine groups is 1. The first-order chi connectivity index (χ1) is 13.5. The lowest BCUT2D eigenvalue weighted by atomic mass is 10.1. The summed E-state index contributed by atoms with van der Waals surface area (Å²) in [6.07, 6.45) is 4.64. The standard InChI is InChI=1S/C18H32N4O6/c1-2-3-4-5-6-7-8-9-27-18(26)22-12-21(17(25)20-16(22)19)15-10-13(24)14(11-23)28-15/h13-15,23-24H,2-12H2,1H3,(H2,19,20,25). The second-order valence-electron chi connectivity index (χ2n) is 7.17. The average molecular weight is 400 g/mol. The van der Waals surface area contributed by atoms with Gasteiger partial charge in [-0.1, -0.05) is 45.4 Å². The molecule has 3 unspecified atom stereocenters. The molecule has 3 amide bonds. The van der Waals surface area contributed by atoms with Gasteiger partial charge in [-0.15, -0.1) is 0 Å². The van der Waals surface area contributed by atoms with E-state index in [2.05, 4.69) is 12.2 Å². The van der Waals surface area contributed by atoms with Crippen LogP contribution in [0, 0.1) is 5.41 Å². The number of ether oxygens (including phenoxy) is 2. The molecule has 4 N–H and O–H groups in total. The Morgan fingerprint density at radius 3 is 2.61 bits per heavy atom. The minimum atomic E-state index is -0.901. The molecule has 0 aromatic carbocycles. The maximum atomic E-state index is 12.3. The minimum Gasteiger partial charge on any atom is -0.449 e. The molecule has 2 rings (SSSR count). The van der Waals surface area contributed by atoms with Crippen LogP contribution in [0.5, 0.6) is 0 Å². The number of hydrogen-bond acceptors (Lipinski definition) is 7. The summed E-state index contributed by atoms with van der Waals surface area (Å²) >= 11 is 0. The van der Waals surface area contributed by atoms with E-state index in [4.69, 9.17) is 14.9 Å². The van der Waals surface area contributed by atoms with Crippen molar-refractivity contribution in [2.45, 2.75) is 76.7 Å². The van der Waals surface area contributed by atoms with Crippen LogP contribution in [0.15, 0.2) is 0 Å². The average Bonchev–Trinajstić information content (AvgIpc) is 3.04. The molecule has 2 heterocycles. The van der Waals surface area contributed by atoms with Gasteiger partial charge >= 0.3 is 12.1 Å². The molecule has 0 aromatic rings. The zero-order chi connectivity index (χ0) is 20.5. The minimum absolute atomic E-state index is 0.118. The second-order valence-corrected chi connectivity index (χ2v) is 7.17. The van der Waals surface area contributed by atoms with Crippen molar-refractivity contribution in [1.29, 1.82) is 5.41 Å². The van der Waals surface area contributed by atoms with Gasteiger partial charge in [-0.2, -0.15) is 0 Å². The largest absolute Gasteiger partial charge is 0.449 e. The summed E-state index contributed by atoms with van der Waals surface area (Å²) in [5.41, 5.74) is 0. The molecule has 160 valence electrons. The summed E-state index contributed by atoms with van der Waals surface area (Å²) in [6, 6.07) is -0.600. The van der Waals surface area contributed by atoms with E-state index in [1.54, 1.807) is 0 Å². The molecule has 28 heavy (non-hydrogen) atoms. The van der Waals surface area contributed by atoms with Crippen LogP contribution in [-0.2, 0) is 9.47 Å². The summed E-state index contributed by atoms with van der Waals surface area (Å²) in [4.78, 5) is 26.6. The smallest absolute Gasteiger partial charge is 0.418 e. The van der Waals surface area contributed by atoms with E-state index in [-0.39, 0.29) is 32.3 Å². The van der Waals surface area contributed by atoms with E-state index in [1.165, 1.54) is 30.6 Å². The fourth-order valence-electron chi connectivity index (χ4n) is 3.27. The summed E-state index contributed by atoms with van der Waals surface area (Å²) in [5, 5.41) is 29.1. The zero-order valence-corrected chi connectivity index (χ0v) is 16.4. The van der Waals surface area contributed by atoms with E-state index in [0.29, 0.717) is 0 Å². The number of rotatable bonds is 10. The number of nitrogens with one attached hydrogen (secondary N) is 2. The van der Waals surface area contributed by atoms with Crippen LogP contribution >= 0.6 is 0 Å². The monoisotopic (exact) mass is 400 g/mol. The molecule has 2 fully saturated rings. The number of hydrogen-bond donors (Lipinski definition) is 4. The molecule has 0 aliphatic carbocycles. The maximum absolute atomic E-state index is 12.3. The number of aliphatic hydroxyl groups is 2. The molecule has 2 aliphatic heterocycles. The van der Waals surface area contributed by atoms with Crippen LogP contribution in [-0.4, -0.2) is 76.4 Å². The molecule has 0 bridgehead atoms. The molecule has 10 nitrogen and oxygen atoms in total. The van der Waals surface area contributed by atoms with Crippen LogP contribution < -0.4 is 5.32 Å². The molecule has 3 atom stereocenters. The fraction of sp³-hybridized carbons (Fsp3) is 0.833. The maximum Gasteiger partial charge on any atom is 0.418 e. The lowest BCUT2D eigenvalue weighted by Gasteiger charge is -2.37. The van der Waals surface area contributed by atoms with Gasteiger partial charge in [-0.25, -0.2) is 14.5 Å². The fourth-order valence-corrected chi connectivity index (χ4v) is 3.27. The summed E-state index contributed by atoms with van der Waals surface area (Å²) in [7, 11) is 0. The molecule has 0 aromatic heterocycles. The van der Waals surface area contributed by atoms with Crippen molar-refractivity contribution in [2.24, 2.45) is 0 Å². The number of unbranched alkanes of at least 4 members (excludes halogenated alkanes) is 6. The van der Waals surface area contributed by atoms with Gasteiger partial charge in [0.1, 0.15) is 19.0 Å². The third-order valence-corrected chi connectivity index (χ3v) is 4.98. The van der Waals surface area contributed by atoms with E-state index in [0.717, 1.165) is 24.2 Å². The Balaban J connectivity index is 1.76. The highest BCUT2D eigenvalue weighted by molar-refractivity contribution is 6.03. The van der Waals surface area contributed by atoms with Crippen LogP contribution in [0.4, 0.5) is 9.59 Å². The normalized spacial score (nSPS) is 25.2. The molecule has 0 spiro atoms. The number of nitrogens with zero attached hydrogens (tertiary/aromatic N) is 2. The Hall–Kier alpha value is -1.91. The molecular formula is C18H32N4O6. The summed E-state index contributed by atoms with van der Waals surface area (Å²) in [6.45, 7) is 1.85. The van der Waals surface area contributed by atoms with Crippen molar-refractivity contribution >= 4 is 18.1 Å². The van der Waals surface area contributed by atoms with E-state index in [9.17, 15) is 19.8 Å². The van der Waals surface area contributed by atoms with Crippen LogP contribution in [0.25, 0.3) is 0 Å². The van der Waals surface area contributed by atoms with E-state index in [1.807, 2.05) is 0 Å². The number of amides is 3. The number of urea groups is 1. The Morgan fingerprint density at radius 1 is 1.29 bits per heavy atom. The lowest BCUT2D eigenvalue weighted by Crippen LogP contribution is -2.63. The second kappa shape index (κ2) is 11.2. The SMILES string of the molecule is CCCCCCCCCOC(=O)N1CN(C2CC(O)C(CO)O2)C(=O)NC1=N. The van der Waals surface area contributed by atoms with Gasteiger partial charge in [0, 0.05) is 6.42 Å². The highest BCUT2D eigenvalue weighted by Crippen LogP contribution is 2.24. The van der Waals surface area contributed by atoms with Crippen molar-refractivity contribution in [3.63, 3.8) is 0 Å². The van der Waals surface area contributed by atoms with Crippen molar-refractivity contribution in [2.75, 3.05) is 19.9 Å². The first-order valence-corrected chi connectivity index (χ1v) is 10.0. The van der Waals surface area contributed by atoms with Gasteiger partial charge in [0.25, 0.3) is 0 Å². The lowest BCUT2D eigenvalue weighted by molar-refractivity contribution is -0.0722. The third-order valence-electron chi connectivity index (χ3n) is 4.98. The predicted octanol–water partition coefficient (Wildman–Crippen LogP) is 1.56. The molecule has 2 saturated heterocycles. The predicted molar refractivity (Wildman–Crippen MR) is 101 cm³/mol. The van der Waals surface area contributed by atoms with Gasteiger partial charge in [-0.3, -0.25) is 15.6 Å². The highest BCUT2D eigenvalue weighted by Gasteiger charge is 2.42. The van der Waals surface area contributed by atoms with Crippen LogP contribution in [0.2, 0.25) is 0 Å². The summed E-state index contributed by atoms with van der Waals surface area (Å²) < 4.78 is 10.7. The topological polar surface area (TPSA) is 135 Å². The van der Waals surface area contributed by atoms with Gasteiger partial charge in [0.2, 0.25) is 5.96 Å². The molecule has 2 aliphatic rings.